The van der Waals surface area contributed by atoms with Crippen molar-refractivity contribution < 1.29 is 9.90 Å². The summed E-state index contributed by atoms with van der Waals surface area (Å²) in [6, 6.07) is 7.60. The fourth-order valence-corrected chi connectivity index (χ4v) is 1.72. The van der Waals surface area contributed by atoms with Crippen molar-refractivity contribution in [1.82, 2.24) is 5.32 Å². The van der Waals surface area contributed by atoms with Crippen LogP contribution in [0.1, 0.15) is 31.9 Å². The molecule has 1 aromatic carbocycles. The zero-order valence-electron chi connectivity index (χ0n) is 9.40. The average molecular weight is 242 g/mol. The third-order valence-corrected chi connectivity index (χ3v) is 2.64. The fourth-order valence-electron chi connectivity index (χ4n) is 1.60. The van der Waals surface area contributed by atoms with Crippen LogP contribution in [0.4, 0.5) is 0 Å². The Hall–Kier alpha value is -1.06. The van der Waals surface area contributed by atoms with Crippen LogP contribution >= 0.6 is 11.6 Å². The van der Waals surface area contributed by atoms with Gasteiger partial charge in [0.1, 0.15) is 0 Å². The fraction of sp³-hybridized carbons (Fsp3) is 0.417. The van der Waals surface area contributed by atoms with Crippen LogP contribution in [-0.2, 0) is 4.79 Å². The number of halogens is 1. The van der Waals surface area contributed by atoms with Crippen molar-refractivity contribution in [3.05, 3.63) is 34.9 Å². The second-order valence-electron chi connectivity index (χ2n) is 3.94. The maximum Gasteiger partial charge on any atom is 0.304 e. The maximum absolute atomic E-state index is 10.5. The summed E-state index contributed by atoms with van der Waals surface area (Å²) >= 11 is 5.79. The van der Waals surface area contributed by atoms with E-state index in [4.69, 9.17) is 16.7 Å². The van der Waals surface area contributed by atoms with E-state index in [1.54, 1.807) is 0 Å². The zero-order chi connectivity index (χ0) is 12.1. The van der Waals surface area contributed by atoms with Gasteiger partial charge in [-0.15, -0.1) is 0 Å². The molecule has 0 aliphatic rings. The highest BCUT2D eigenvalue weighted by molar-refractivity contribution is 6.30. The Morgan fingerprint density at radius 3 is 2.44 bits per heavy atom. The summed E-state index contributed by atoms with van der Waals surface area (Å²) in [6.07, 6.45) is 0.123. The molecule has 88 valence electrons. The van der Waals surface area contributed by atoms with Gasteiger partial charge in [-0.25, -0.2) is 0 Å². The lowest BCUT2D eigenvalue weighted by Crippen LogP contribution is -2.30. The monoisotopic (exact) mass is 241 g/mol. The van der Waals surface area contributed by atoms with Gasteiger partial charge in [0.2, 0.25) is 0 Å². The number of hydrogen-bond acceptors (Lipinski definition) is 2. The molecule has 16 heavy (non-hydrogen) atoms. The first kappa shape index (κ1) is 13.0. The minimum absolute atomic E-state index is 0.0526. The summed E-state index contributed by atoms with van der Waals surface area (Å²) in [5, 5.41) is 12.6. The summed E-state index contributed by atoms with van der Waals surface area (Å²) in [5.41, 5.74) is 1.10. The van der Waals surface area contributed by atoms with Crippen LogP contribution in [0.5, 0.6) is 0 Å². The van der Waals surface area contributed by atoms with E-state index >= 15 is 0 Å². The maximum atomic E-state index is 10.5. The van der Waals surface area contributed by atoms with E-state index in [2.05, 4.69) is 5.32 Å². The lowest BCUT2D eigenvalue weighted by Gasteiger charge is -2.19. The lowest BCUT2D eigenvalue weighted by atomic mass is 10.1. The Bertz CT molecular complexity index is 351. The van der Waals surface area contributed by atoms with Crippen molar-refractivity contribution in [3.63, 3.8) is 0 Å². The SMILES string of the molecule is CC(CC(=O)O)N[C@H](C)c1ccc(Cl)cc1. The van der Waals surface area contributed by atoms with Gasteiger partial charge in [0, 0.05) is 17.1 Å². The molecule has 0 spiro atoms. The van der Waals surface area contributed by atoms with Gasteiger partial charge < -0.3 is 10.4 Å². The molecule has 0 aromatic heterocycles. The molecule has 1 rings (SSSR count). The van der Waals surface area contributed by atoms with Gasteiger partial charge in [-0.1, -0.05) is 23.7 Å². The van der Waals surface area contributed by atoms with E-state index in [0.717, 1.165) is 5.56 Å². The molecule has 4 heteroatoms. The quantitative estimate of drug-likeness (QED) is 0.834. The first-order valence-electron chi connectivity index (χ1n) is 5.22. The molecular weight excluding hydrogens is 226 g/mol. The molecular formula is C12H16ClNO2. The highest BCUT2D eigenvalue weighted by atomic mass is 35.5. The Morgan fingerprint density at radius 2 is 1.94 bits per heavy atom. The first-order valence-corrected chi connectivity index (χ1v) is 5.60. The van der Waals surface area contributed by atoms with Gasteiger partial charge in [-0.3, -0.25) is 4.79 Å². The van der Waals surface area contributed by atoms with Crippen molar-refractivity contribution in [2.75, 3.05) is 0 Å². The predicted molar refractivity (Wildman–Crippen MR) is 64.7 cm³/mol. The third-order valence-electron chi connectivity index (χ3n) is 2.39. The minimum atomic E-state index is -0.789. The van der Waals surface area contributed by atoms with Gasteiger partial charge in [0.25, 0.3) is 0 Å². The Kier molecular flexibility index (Phi) is 4.77. The van der Waals surface area contributed by atoms with Crippen LogP contribution in [-0.4, -0.2) is 17.1 Å². The van der Waals surface area contributed by atoms with Crippen LogP contribution < -0.4 is 5.32 Å². The molecule has 0 saturated carbocycles. The molecule has 0 amide bonds. The minimum Gasteiger partial charge on any atom is -0.481 e. The number of benzene rings is 1. The average Bonchev–Trinajstić information content (AvgIpc) is 2.16. The molecule has 0 radical (unpaired) electrons. The Morgan fingerprint density at radius 1 is 1.38 bits per heavy atom. The van der Waals surface area contributed by atoms with Crippen LogP contribution in [0.3, 0.4) is 0 Å². The smallest absolute Gasteiger partial charge is 0.304 e. The van der Waals surface area contributed by atoms with Crippen LogP contribution in [0.15, 0.2) is 24.3 Å². The standard InChI is InChI=1S/C12H16ClNO2/c1-8(7-12(15)16)14-9(2)10-3-5-11(13)6-4-10/h3-6,8-9,14H,7H2,1-2H3,(H,15,16)/t8?,9-/m1/s1. The van der Waals surface area contributed by atoms with Crippen LogP contribution in [0.2, 0.25) is 5.02 Å². The number of nitrogens with one attached hydrogen (secondary N) is 1. The summed E-state index contributed by atoms with van der Waals surface area (Å²) in [6.45, 7) is 3.86. The third kappa shape index (κ3) is 4.21. The first-order chi connectivity index (χ1) is 7.49. The largest absolute Gasteiger partial charge is 0.481 e. The van der Waals surface area contributed by atoms with E-state index in [0.29, 0.717) is 5.02 Å². The second-order valence-corrected chi connectivity index (χ2v) is 4.38. The summed E-state index contributed by atoms with van der Waals surface area (Å²) in [5.74, 6) is -0.789. The predicted octanol–water partition coefficient (Wildman–Crippen LogP) is 2.85. The van der Waals surface area contributed by atoms with Crippen LogP contribution in [0, 0.1) is 0 Å². The molecule has 0 heterocycles. The van der Waals surface area contributed by atoms with Gasteiger partial charge in [-0.05, 0) is 31.5 Å². The van der Waals surface area contributed by atoms with E-state index in [1.807, 2.05) is 38.1 Å². The van der Waals surface area contributed by atoms with Crippen LogP contribution in [0.25, 0.3) is 0 Å². The van der Waals surface area contributed by atoms with Crippen molar-refractivity contribution in [2.24, 2.45) is 0 Å². The molecule has 3 nitrogen and oxygen atoms in total. The molecule has 0 saturated heterocycles. The van der Waals surface area contributed by atoms with E-state index in [-0.39, 0.29) is 18.5 Å². The molecule has 1 unspecified atom stereocenters. The lowest BCUT2D eigenvalue weighted by molar-refractivity contribution is -0.137. The summed E-state index contributed by atoms with van der Waals surface area (Å²) < 4.78 is 0. The molecule has 0 fully saturated rings. The number of hydrogen-bond donors (Lipinski definition) is 2. The molecule has 0 aliphatic heterocycles. The zero-order valence-corrected chi connectivity index (χ0v) is 10.2. The van der Waals surface area contributed by atoms with E-state index in [1.165, 1.54) is 0 Å². The number of aliphatic carboxylic acids is 1. The summed E-state index contributed by atoms with van der Waals surface area (Å²) in [7, 11) is 0. The second kappa shape index (κ2) is 5.87. The normalized spacial score (nSPS) is 14.4. The topological polar surface area (TPSA) is 49.3 Å². The number of carbonyl (C=O) groups is 1. The number of carboxylic acid groups (broad SMARTS) is 1. The van der Waals surface area contributed by atoms with Gasteiger partial charge in [-0.2, -0.15) is 0 Å². The highest BCUT2D eigenvalue weighted by Gasteiger charge is 2.11. The molecule has 0 bridgehead atoms. The molecule has 2 N–H and O–H groups in total. The Labute approximate surface area is 100 Å². The van der Waals surface area contributed by atoms with Gasteiger partial charge in [0.15, 0.2) is 0 Å². The Balaban J connectivity index is 2.54. The molecule has 0 aliphatic carbocycles. The van der Waals surface area contributed by atoms with Gasteiger partial charge in [0.05, 0.1) is 6.42 Å². The van der Waals surface area contributed by atoms with Crippen molar-refractivity contribution >= 4 is 17.6 Å². The van der Waals surface area contributed by atoms with E-state index in [9.17, 15) is 4.79 Å². The van der Waals surface area contributed by atoms with Crippen molar-refractivity contribution in [1.29, 1.82) is 0 Å². The summed E-state index contributed by atoms with van der Waals surface area (Å²) in [4.78, 5) is 10.5. The van der Waals surface area contributed by atoms with Crippen molar-refractivity contribution in [2.45, 2.75) is 32.4 Å². The number of rotatable bonds is 5. The highest BCUT2D eigenvalue weighted by Crippen LogP contribution is 2.16. The van der Waals surface area contributed by atoms with Gasteiger partial charge >= 0.3 is 5.97 Å². The van der Waals surface area contributed by atoms with E-state index < -0.39 is 5.97 Å². The molecule has 2 atom stereocenters. The number of carboxylic acids is 1. The molecule has 1 aromatic rings. The van der Waals surface area contributed by atoms with Crippen molar-refractivity contribution in [3.8, 4) is 0 Å².